The largest absolute Gasteiger partial charge is 0.383 e. The molecule has 1 aromatic heterocycles. The monoisotopic (exact) mass is 209 g/mol. The van der Waals surface area contributed by atoms with Crippen molar-refractivity contribution in [3.63, 3.8) is 0 Å². The molecule has 15 heavy (non-hydrogen) atoms. The summed E-state index contributed by atoms with van der Waals surface area (Å²) in [5.74, 6) is -1.08. The third kappa shape index (κ3) is 3.74. The van der Waals surface area contributed by atoms with Crippen LogP contribution in [-0.4, -0.2) is 28.0 Å². The zero-order valence-electron chi connectivity index (χ0n) is 7.88. The van der Waals surface area contributed by atoms with E-state index in [1.165, 1.54) is 6.20 Å². The highest BCUT2D eigenvalue weighted by Crippen LogP contribution is 2.01. The Morgan fingerprint density at radius 1 is 1.53 bits per heavy atom. The lowest BCUT2D eigenvalue weighted by Crippen LogP contribution is -2.32. The summed E-state index contributed by atoms with van der Waals surface area (Å²) in [5.41, 5.74) is 4.79. The number of nitrogens with one attached hydrogen (secondary N) is 1. The first kappa shape index (κ1) is 11.1. The normalized spacial score (nSPS) is 11.8. The van der Waals surface area contributed by atoms with Gasteiger partial charge >= 0.3 is 0 Å². The molecule has 0 spiro atoms. The van der Waals surface area contributed by atoms with Gasteiger partial charge in [0.15, 0.2) is 0 Å². The number of pyridine rings is 1. The van der Waals surface area contributed by atoms with E-state index in [1.54, 1.807) is 18.2 Å². The van der Waals surface area contributed by atoms with Crippen molar-refractivity contribution in [1.82, 2.24) is 4.98 Å². The lowest BCUT2D eigenvalue weighted by atomic mass is 10.2. The first-order valence-electron chi connectivity index (χ1n) is 4.28. The lowest BCUT2D eigenvalue weighted by Gasteiger charge is -2.06. The lowest BCUT2D eigenvalue weighted by molar-refractivity contribution is -0.130. The molecule has 4 N–H and O–H groups in total. The molecule has 0 aliphatic carbocycles. The molecule has 0 aromatic carbocycles. The molecule has 80 valence electrons. The Labute approximate surface area is 86.1 Å². The summed E-state index contributed by atoms with van der Waals surface area (Å²) < 4.78 is 0. The summed E-state index contributed by atoms with van der Waals surface area (Å²) in [6.07, 6.45) is -0.319. The number of anilines is 1. The topological polar surface area (TPSA) is 105 Å². The van der Waals surface area contributed by atoms with Gasteiger partial charge in [-0.3, -0.25) is 9.59 Å². The van der Waals surface area contributed by atoms with Crippen LogP contribution in [0.3, 0.4) is 0 Å². The van der Waals surface area contributed by atoms with Gasteiger partial charge in [-0.05, 0) is 12.1 Å². The minimum atomic E-state index is -1.46. The molecule has 1 heterocycles. The molecule has 1 rings (SSSR count). The number of nitrogens with two attached hydrogens (primary N) is 1. The molecule has 2 amide bonds. The SMILES string of the molecule is NC(=O)[C@H](O)CC(=O)Nc1ccccn1. The van der Waals surface area contributed by atoms with Gasteiger partial charge in [0.1, 0.15) is 11.9 Å². The summed E-state index contributed by atoms with van der Waals surface area (Å²) >= 11 is 0. The Balaban J connectivity index is 2.47. The Hall–Kier alpha value is -1.95. The molecule has 6 nitrogen and oxygen atoms in total. The number of aliphatic hydroxyl groups excluding tert-OH is 1. The zero-order valence-corrected chi connectivity index (χ0v) is 7.88. The molecule has 0 saturated carbocycles. The number of amides is 2. The van der Waals surface area contributed by atoms with Crippen LogP contribution in [0.25, 0.3) is 0 Å². The standard InChI is InChI=1S/C9H11N3O3/c10-9(15)6(13)5-8(14)12-7-3-1-2-4-11-7/h1-4,6,13H,5H2,(H2,10,15)(H,11,12,14)/t6-/m1/s1. The molecule has 6 heteroatoms. The van der Waals surface area contributed by atoms with E-state index in [9.17, 15) is 9.59 Å². The van der Waals surface area contributed by atoms with Gasteiger partial charge in [-0.25, -0.2) is 4.98 Å². The van der Waals surface area contributed by atoms with Crippen LogP contribution in [0.15, 0.2) is 24.4 Å². The second-order valence-electron chi connectivity index (χ2n) is 2.89. The Morgan fingerprint density at radius 3 is 2.80 bits per heavy atom. The third-order valence-electron chi connectivity index (χ3n) is 1.64. The maximum absolute atomic E-state index is 11.2. The molecule has 0 saturated heterocycles. The van der Waals surface area contributed by atoms with Crippen LogP contribution in [0.2, 0.25) is 0 Å². The van der Waals surface area contributed by atoms with E-state index in [-0.39, 0.29) is 6.42 Å². The Bertz CT molecular complexity index is 353. The smallest absolute Gasteiger partial charge is 0.246 e. The number of carbonyl (C=O) groups is 2. The van der Waals surface area contributed by atoms with Gasteiger partial charge in [-0.15, -0.1) is 0 Å². The Morgan fingerprint density at radius 2 is 2.27 bits per heavy atom. The molecule has 0 aliphatic heterocycles. The van der Waals surface area contributed by atoms with Crippen molar-refractivity contribution >= 4 is 17.6 Å². The van der Waals surface area contributed by atoms with Crippen LogP contribution >= 0.6 is 0 Å². The van der Waals surface area contributed by atoms with Crippen LogP contribution < -0.4 is 11.1 Å². The van der Waals surface area contributed by atoms with Gasteiger partial charge in [0, 0.05) is 6.20 Å². The van der Waals surface area contributed by atoms with Crippen molar-refractivity contribution in [2.45, 2.75) is 12.5 Å². The van der Waals surface area contributed by atoms with Crippen LogP contribution in [0, 0.1) is 0 Å². The molecule has 1 aromatic rings. The van der Waals surface area contributed by atoms with Gasteiger partial charge < -0.3 is 16.2 Å². The average Bonchev–Trinajstić information content (AvgIpc) is 2.18. The van der Waals surface area contributed by atoms with E-state index in [2.05, 4.69) is 10.3 Å². The van der Waals surface area contributed by atoms with Crippen LogP contribution in [0.5, 0.6) is 0 Å². The van der Waals surface area contributed by atoms with Crippen molar-refractivity contribution in [2.24, 2.45) is 5.73 Å². The molecule has 0 aliphatic rings. The van der Waals surface area contributed by atoms with Crippen LogP contribution in [0.4, 0.5) is 5.82 Å². The van der Waals surface area contributed by atoms with Gasteiger partial charge in [0.2, 0.25) is 11.8 Å². The second-order valence-corrected chi connectivity index (χ2v) is 2.89. The summed E-state index contributed by atoms with van der Waals surface area (Å²) in [5, 5.41) is 11.4. The molecular formula is C9H11N3O3. The summed E-state index contributed by atoms with van der Waals surface area (Å²) in [7, 11) is 0. The number of nitrogens with zero attached hydrogens (tertiary/aromatic N) is 1. The maximum atomic E-state index is 11.2. The minimum absolute atomic E-state index is 0.360. The number of primary amides is 1. The van der Waals surface area contributed by atoms with Gasteiger partial charge in [0.05, 0.1) is 6.42 Å². The number of hydrogen-bond acceptors (Lipinski definition) is 4. The number of rotatable bonds is 4. The molecule has 0 radical (unpaired) electrons. The van der Waals surface area contributed by atoms with E-state index < -0.39 is 17.9 Å². The molecular weight excluding hydrogens is 198 g/mol. The summed E-state index contributed by atoms with van der Waals surface area (Å²) in [4.78, 5) is 25.5. The summed E-state index contributed by atoms with van der Waals surface area (Å²) in [6.45, 7) is 0. The van der Waals surface area contributed by atoms with E-state index in [0.717, 1.165) is 0 Å². The number of aromatic nitrogens is 1. The maximum Gasteiger partial charge on any atom is 0.246 e. The quantitative estimate of drug-likeness (QED) is 0.607. The average molecular weight is 209 g/mol. The molecule has 0 bridgehead atoms. The fraction of sp³-hybridized carbons (Fsp3) is 0.222. The van der Waals surface area contributed by atoms with E-state index in [1.807, 2.05) is 0 Å². The van der Waals surface area contributed by atoms with Crippen molar-refractivity contribution in [3.8, 4) is 0 Å². The minimum Gasteiger partial charge on any atom is -0.383 e. The van der Waals surface area contributed by atoms with Crippen molar-refractivity contribution in [1.29, 1.82) is 0 Å². The molecule has 0 fully saturated rings. The highest BCUT2D eigenvalue weighted by Gasteiger charge is 2.15. The predicted octanol–water partition coefficient (Wildman–Crippen LogP) is -0.744. The molecule has 1 atom stereocenters. The summed E-state index contributed by atoms with van der Waals surface area (Å²) in [6, 6.07) is 5.00. The van der Waals surface area contributed by atoms with Crippen molar-refractivity contribution < 1.29 is 14.7 Å². The Kier molecular flexibility index (Phi) is 3.75. The molecule has 0 unspecified atom stereocenters. The van der Waals surface area contributed by atoms with Crippen LogP contribution in [0.1, 0.15) is 6.42 Å². The van der Waals surface area contributed by atoms with Crippen molar-refractivity contribution in [2.75, 3.05) is 5.32 Å². The fourth-order valence-corrected chi connectivity index (χ4v) is 0.907. The number of carbonyl (C=O) groups excluding carboxylic acids is 2. The van der Waals surface area contributed by atoms with E-state index >= 15 is 0 Å². The first-order chi connectivity index (χ1) is 7.09. The van der Waals surface area contributed by atoms with Gasteiger partial charge in [-0.1, -0.05) is 6.07 Å². The van der Waals surface area contributed by atoms with Gasteiger partial charge in [0.25, 0.3) is 0 Å². The van der Waals surface area contributed by atoms with Gasteiger partial charge in [-0.2, -0.15) is 0 Å². The highest BCUT2D eigenvalue weighted by molar-refractivity contribution is 5.93. The van der Waals surface area contributed by atoms with Crippen LogP contribution in [-0.2, 0) is 9.59 Å². The number of aliphatic hydroxyl groups is 1. The van der Waals surface area contributed by atoms with E-state index in [0.29, 0.717) is 5.82 Å². The zero-order chi connectivity index (χ0) is 11.3. The highest BCUT2D eigenvalue weighted by atomic mass is 16.3. The number of hydrogen-bond donors (Lipinski definition) is 3. The van der Waals surface area contributed by atoms with E-state index in [4.69, 9.17) is 10.8 Å². The third-order valence-corrected chi connectivity index (χ3v) is 1.64. The van der Waals surface area contributed by atoms with Crippen molar-refractivity contribution in [3.05, 3.63) is 24.4 Å². The fourth-order valence-electron chi connectivity index (χ4n) is 0.907. The second kappa shape index (κ2) is 5.06. The first-order valence-corrected chi connectivity index (χ1v) is 4.28. The predicted molar refractivity (Wildman–Crippen MR) is 52.7 cm³/mol.